The maximum Gasteiger partial charge on any atom is 0.255 e. The van der Waals surface area contributed by atoms with Gasteiger partial charge in [0.2, 0.25) is 11.8 Å². The molecule has 0 bridgehead atoms. The minimum Gasteiger partial charge on any atom is -0.328 e. The molecule has 2 aliphatic heterocycles. The number of nitrogens with one attached hydrogen (secondary N) is 2. The van der Waals surface area contributed by atoms with Crippen molar-refractivity contribution in [3.05, 3.63) is 70.3 Å². The van der Waals surface area contributed by atoms with Crippen LogP contribution in [0.3, 0.4) is 0 Å². The van der Waals surface area contributed by atoms with Gasteiger partial charge in [-0.3, -0.25) is 19.7 Å². The molecular formula is C24H28N4O3. The van der Waals surface area contributed by atoms with Crippen LogP contribution in [0.2, 0.25) is 0 Å². The number of hydrogen-bond donors (Lipinski definition) is 3. The van der Waals surface area contributed by atoms with Crippen molar-refractivity contribution in [2.75, 3.05) is 0 Å². The minimum atomic E-state index is -0.579. The first-order chi connectivity index (χ1) is 14.9. The lowest BCUT2D eigenvalue weighted by Crippen LogP contribution is -2.52. The lowest BCUT2D eigenvalue weighted by Gasteiger charge is -2.29. The van der Waals surface area contributed by atoms with Crippen LogP contribution < -0.4 is 16.4 Å². The molecule has 0 aromatic heterocycles. The van der Waals surface area contributed by atoms with Gasteiger partial charge in [-0.1, -0.05) is 36.4 Å². The quantitative estimate of drug-likeness (QED) is 0.591. The number of nitrogens with zero attached hydrogens (tertiary/aromatic N) is 1. The zero-order valence-electron chi connectivity index (χ0n) is 17.7. The fourth-order valence-electron chi connectivity index (χ4n) is 4.23. The highest BCUT2D eigenvalue weighted by molar-refractivity contribution is 6.05. The number of hydrogen-bond acceptors (Lipinski definition) is 5. The molecule has 2 atom stereocenters. The second kappa shape index (κ2) is 8.99. The third-order valence-corrected chi connectivity index (χ3v) is 5.83. The zero-order chi connectivity index (χ0) is 22.0. The van der Waals surface area contributed by atoms with E-state index in [0.29, 0.717) is 25.1 Å². The second-order valence-corrected chi connectivity index (χ2v) is 8.49. The fourth-order valence-corrected chi connectivity index (χ4v) is 4.23. The zero-order valence-corrected chi connectivity index (χ0v) is 17.7. The molecule has 0 spiro atoms. The van der Waals surface area contributed by atoms with Crippen LogP contribution in [-0.2, 0) is 35.6 Å². The monoisotopic (exact) mass is 420 g/mol. The average Bonchev–Trinajstić information content (AvgIpc) is 3.05. The molecule has 1 fully saturated rings. The summed E-state index contributed by atoms with van der Waals surface area (Å²) in [6.45, 7) is 3.77. The molecule has 2 unspecified atom stereocenters. The summed E-state index contributed by atoms with van der Waals surface area (Å²) in [5, 5.41) is 5.75. The molecule has 0 saturated carbocycles. The molecule has 4 N–H and O–H groups in total. The SMILES string of the molecule is CC(N)Cc1ccc(CNCc2ccc3c(c2)C(=O)N(C2CCC(=O)NC2=O)C3)cc1. The molecule has 2 heterocycles. The summed E-state index contributed by atoms with van der Waals surface area (Å²) in [7, 11) is 0. The van der Waals surface area contributed by atoms with Gasteiger partial charge in [-0.15, -0.1) is 0 Å². The normalized spacial score (nSPS) is 19.4. The van der Waals surface area contributed by atoms with Crippen LogP contribution >= 0.6 is 0 Å². The van der Waals surface area contributed by atoms with E-state index in [-0.39, 0.29) is 30.2 Å². The van der Waals surface area contributed by atoms with Gasteiger partial charge in [0.1, 0.15) is 6.04 Å². The summed E-state index contributed by atoms with van der Waals surface area (Å²) in [5.74, 6) is -0.801. The van der Waals surface area contributed by atoms with Gasteiger partial charge in [0.15, 0.2) is 0 Å². The molecule has 31 heavy (non-hydrogen) atoms. The van der Waals surface area contributed by atoms with Crippen LogP contribution in [0.1, 0.15) is 52.4 Å². The Balaban J connectivity index is 1.35. The van der Waals surface area contributed by atoms with Gasteiger partial charge in [-0.2, -0.15) is 0 Å². The van der Waals surface area contributed by atoms with E-state index >= 15 is 0 Å². The first-order valence-electron chi connectivity index (χ1n) is 10.7. The molecule has 2 aromatic rings. The van der Waals surface area contributed by atoms with Crippen molar-refractivity contribution in [1.82, 2.24) is 15.5 Å². The number of rotatable bonds is 7. The van der Waals surface area contributed by atoms with Gasteiger partial charge in [0.05, 0.1) is 0 Å². The largest absolute Gasteiger partial charge is 0.328 e. The molecule has 0 radical (unpaired) electrons. The lowest BCUT2D eigenvalue weighted by atomic mass is 10.0. The van der Waals surface area contributed by atoms with E-state index in [1.165, 1.54) is 11.1 Å². The summed E-state index contributed by atoms with van der Waals surface area (Å²) in [5.41, 5.74) is 10.9. The third kappa shape index (κ3) is 4.84. The molecule has 162 valence electrons. The molecule has 0 aliphatic carbocycles. The highest BCUT2D eigenvalue weighted by Crippen LogP contribution is 2.28. The molecule has 3 amide bonds. The molecule has 1 saturated heterocycles. The van der Waals surface area contributed by atoms with E-state index in [1.807, 2.05) is 25.1 Å². The summed E-state index contributed by atoms with van der Waals surface area (Å²) < 4.78 is 0. The number of carbonyl (C=O) groups excluding carboxylic acids is 3. The van der Waals surface area contributed by atoms with Crippen LogP contribution in [-0.4, -0.2) is 34.7 Å². The van der Waals surface area contributed by atoms with Crippen molar-refractivity contribution in [2.24, 2.45) is 5.73 Å². The van der Waals surface area contributed by atoms with Crippen molar-refractivity contribution >= 4 is 17.7 Å². The van der Waals surface area contributed by atoms with Gasteiger partial charge < -0.3 is 16.0 Å². The van der Waals surface area contributed by atoms with Gasteiger partial charge in [0, 0.05) is 37.7 Å². The number of fused-ring (bicyclic) bond motifs is 1. The smallest absolute Gasteiger partial charge is 0.255 e. The Hall–Kier alpha value is -3.03. The number of carbonyl (C=O) groups is 3. The second-order valence-electron chi connectivity index (χ2n) is 8.49. The highest BCUT2D eigenvalue weighted by Gasteiger charge is 2.39. The summed E-state index contributed by atoms with van der Waals surface area (Å²) >= 11 is 0. The van der Waals surface area contributed by atoms with Crippen LogP contribution in [0.25, 0.3) is 0 Å². The van der Waals surface area contributed by atoms with Crippen LogP contribution in [0.5, 0.6) is 0 Å². The number of imide groups is 1. The summed E-state index contributed by atoms with van der Waals surface area (Å²) in [4.78, 5) is 38.0. The Bertz CT molecular complexity index is 1000. The Morgan fingerprint density at radius 3 is 2.45 bits per heavy atom. The minimum absolute atomic E-state index is 0.143. The Morgan fingerprint density at radius 2 is 1.74 bits per heavy atom. The van der Waals surface area contributed by atoms with Gasteiger partial charge >= 0.3 is 0 Å². The van der Waals surface area contributed by atoms with Crippen molar-refractivity contribution in [1.29, 1.82) is 0 Å². The van der Waals surface area contributed by atoms with Crippen molar-refractivity contribution < 1.29 is 14.4 Å². The Morgan fingerprint density at radius 1 is 1.06 bits per heavy atom. The van der Waals surface area contributed by atoms with Crippen molar-refractivity contribution in [3.63, 3.8) is 0 Å². The topological polar surface area (TPSA) is 105 Å². The Kier molecular flexibility index (Phi) is 6.15. The highest BCUT2D eigenvalue weighted by atomic mass is 16.2. The first-order valence-corrected chi connectivity index (χ1v) is 10.7. The van der Waals surface area contributed by atoms with E-state index in [4.69, 9.17) is 5.73 Å². The molecule has 2 aliphatic rings. The fraction of sp³-hybridized carbons (Fsp3) is 0.375. The average molecular weight is 421 g/mol. The van der Waals surface area contributed by atoms with Gasteiger partial charge in [-0.25, -0.2) is 0 Å². The molecule has 7 nitrogen and oxygen atoms in total. The number of nitrogens with two attached hydrogens (primary N) is 1. The van der Waals surface area contributed by atoms with Crippen molar-refractivity contribution in [3.8, 4) is 0 Å². The standard InChI is InChI=1S/C24H28N4O3/c1-15(25)10-16-2-4-17(5-3-16)12-26-13-18-6-7-19-14-28(24(31)20(19)11-18)21-8-9-22(29)27-23(21)30/h2-7,11,15,21,26H,8-10,12-14,25H2,1H3,(H,27,29,30). The van der Waals surface area contributed by atoms with E-state index in [0.717, 1.165) is 24.1 Å². The van der Waals surface area contributed by atoms with E-state index < -0.39 is 6.04 Å². The maximum atomic E-state index is 12.9. The summed E-state index contributed by atoms with van der Waals surface area (Å²) in [6.07, 6.45) is 1.51. The summed E-state index contributed by atoms with van der Waals surface area (Å²) in [6, 6.07) is 13.9. The molecule has 7 heteroatoms. The predicted octanol–water partition coefficient (Wildman–Crippen LogP) is 1.63. The molecule has 4 rings (SSSR count). The predicted molar refractivity (Wildman–Crippen MR) is 117 cm³/mol. The van der Waals surface area contributed by atoms with Gasteiger partial charge in [-0.05, 0) is 48.1 Å². The maximum absolute atomic E-state index is 12.9. The van der Waals surface area contributed by atoms with Gasteiger partial charge in [0.25, 0.3) is 5.91 Å². The lowest BCUT2D eigenvalue weighted by molar-refractivity contribution is -0.136. The van der Waals surface area contributed by atoms with Crippen LogP contribution in [0, 0.1) is 0 Å². The van der Waals surface area contributed by atoms with E-state index in [2.05, 4.69) is 34.9 Å². The number of benzene rings is 2. The Labute approximate surface area is 182 Å². The molecule has 2 aromatic carbocycles. The number of piperidine rings is 1. The van der Waals surface area contributed by atoms with Crippen LogP contribution in [0.4, 0.5) is 0 Å². The third-order valence-electron chi connectivity index (χ3n) is 5.83. The van der Waals surface area contributed by atoms with E-state index in [1.54, 1.807) is 4.90 Å². The molecular weight excluding hydrogens is 392 g/mol. The van der Waals surface area contributed by atoms with Crippen LogP contribution in [0.15, 0.2) is 42.5 Å². The van der Waals surface area contributed by atoms with E-state index in [9.17, 15) is 14.4 Å². The van der Waals surface area contributed by atoms with Crippen molar-refractivity contribution in [2.45, 2.75) is 57.9 Å². The first kappa shape index (κ1) is 21.2. The number of amides is 3.